The Bertz CT molecular complexity index is 265. The Morgan fingerprint density at radius 2 is 2.00 bits per heavy atom. The van der Waals surface area contributed by atoms with Crippen molar-refractivity contribution in [1.29, 1.82) is 0 Å². The molecule has 1 saturated heterocycles. The van der Waals surface area contributed by atoms with Gasteiger partial charge in [0, 0.05) is 12.6 Å². The van der Waals surface area contributed by atoms with E-state index in [-0.39, 0.29) is 5.54 Å². The maximum atomic E-state index is 12.7. The Labute approximate surface area is 105 Å². The van der Waals surface area contributed by atoms with Crippen LogP contribution < -0.4 is 5.32 Å². The Kier molecular flexibility index (Phi) is 4.08. The lowest BCUT2D eigenvalue weighted by Crippen LogP contribution is -2.59. The van der Waals surface area contributed by atoms with Gasteiger partial charge in [-0.3, -0.25) is 4.79 Å². The van der Waals surface area contributed by atoms with Crippen molar-refractivity contribution in [3.8, 4) is 0 Å². The van der Waals surface area contributed by atoms with Gasteiger partial charge in [-0.1, -0.05) is 12.8 Å². The number of hydrogen-bond acceptors (Lipinski definition) is 2. The van der Waals surface area contributed by atoms with Crippen LogP contribution in [0.15, 0.2) is 0 Å². The van der Waals surface area contributed by atoms with Gasteiger partial charge in [-0.2, -0.15) is 0 Å². The Morgan fingerprint density at radius 1 is 1.29 bits per heavy atom. The molecule has 98 valence electrons. The Balaban J connectivity index is 2.04. The summed E-state index contributed by atoms with van der Waals surface area (Å²) in [4.78, 5) is 14.8. The second-order valence-corrected chi connectivity index (χ2v) is 5.75. The van der Waals surface area contributed by atoms with Crippen LogP contribution in [-0.4, -0.2) is 35.5 Å². The van der Waals surface area contributed by atoms with E-state index in [1.54, 1.807) is 0 Å². The fraction of sp³-hybridized carbons (Fsp3) is 0.929. The van der Waals surface area contributed by atoms with Gasteiger partial charge in [0.15, 0.2) is 0 Å². The van der Waals surface area contributed by atoms with Crippen molar-refractivity contribution in [3.63, 3.8) is 0 Å². The van der Waals surface area contributed by atoms with Gasteiger partial charge in [0.05, 0.1) is 5.54 Å². The van der Waals surface area contributed by atoms with Gasteiger partial charge in [0.2, 0.25) is 5.91 Å². The zero-order valence-corrected chi connectivity index (χ0v) is 11.3. The summed E-state index contributed by atoms with van der Waals surface area (Å²) in [6, 6.07) is 0.507. The number of carbonyl (C=O) groups is 1. The van der Waals surface area contributed by atoms with Gasteiger partial charge in [0.25, 0.3) is 0 Å². The van der Waals surface area contributed by atoms with Crippen LogP contribution in [0.2, 0.25) is 0 Å². The minimum absolute atomic E-state index is 0.295. The van der Waals surface area contributed by atoms with E-state index in [4.69, 9.17) is 0 Å². The van der Waals surface area contributed by atoms with Gasteiger partial charge in [0.1, 0.15) is 0 Å². The molecule has 3 nitrogen and oxygen atoms in total. The monoisotopic (exact) mass is 238 g/mol. The third kappa shape index (κ3) is 2.65. The van der Waals surface area contributed by atoms with Crippen molar-refractivity contribution < 1.29 is 4.79 Å². The Morgan fingerprint density at radius 3 is 2.53 bits per heavy atom. The molecule has 0 aromatic carbocycles. The van der Waals surface area contributed by atoms with Gasteiger partial charge in [-0.25, -0.2) is 0 Å². The van der Waals surface area contributed by atoms with Crippen LogP contribution in [0.3, 0.4) is 0 Å². The zero-order valence-electron chi connectivity index (χ0n) is 11.3. The maximum absolute atomic E-state index is 12.7. The number of nitrogens with zero attached hydrogens (tertiary/aromatic N) is 1. The lowest BCUT2D eigenvalue weighted by molar-refractivity contribution is -0.140. The summed E-state index contributed by atoms with van der Waals surface area (Å²) >= 11 is 0. The van der Waals surface area contributed by atoms with Crippen molar-refractivity contribution in [2.24, 2.45) is 0 Å². The maximum Gasteiger partial charge on any atom is 0.242 e. The molecular formula is C14H26N2O. The van der Waals surface area contributed by atoms with Gasteiger partial charge in [-0.15, -0.1) is 0 Å². The first kappa shape index (κ1) is 12.9. The Hall–Kier alpha value is -0.570. The third-order valence-electron chi connectivity index (χ3n) is 4.46. The molecule has 1 unspecified atom stereocenters. The van der Waals surface area contributed by atoms with E-state index in [9.17, 15) is 4.79 Å². The standard InChI is InChI=1S/C14H26N2O/c1-3-16(12-8-4-5-9-12)13(17)14(2)10-6-7-11-15-14/h12,15H,3-11H2,1-2H3. The molecule has 2 rings (SSSR count). The first-order valence-corrected chi connectivity index (χ1v) is 7.23. The lowest BCUT2D eigenvalue weighted by atomic mass is 9.89. The average molecular weight is 238 g/mol. The van der Waals surface area contributed by atoms with Crippen LogP contribution in [0, 0.1) is 0 Å². The number of nitrogens with one attached hydrogen (secondary N) is 1. The molecule has 1 N–H and O–H groups in total. The fourth-order valence-corrected chi connectivity index (χ4v) is 3.34. The third-order valence-corrected chi connectivity index (χ3v) is 4.46. The van der Waals surface area contributed by atoms with Crippen LogP contribution in [0.1, 0.15) is 58.8 Å². The molecule has 1 amide bonds. The number of piperidine rings is 1. The molecule has 2 aliphatic rings. The van der Waals surface area contributed by atoms with E-state index >= 15 is 0 Å². The first-order valence-electron chi connectivity index (χ1n) is 7.23. The lowest BCUT2D eigenvalue weighted by Gasteiger charge is -2.40. The number of carbonyl (C=O) groups excluding carboxylic acids is 1. The topological polar surface area (TPSA) is 32.3 Å². The predicted octanol–water partition coefficient (Wildman–Crippen LogP) is 2.31. The van der Waals surface area contributed by atoms with Crippen LogP contribution in [-0.2, 0) is 4.79 Å². The molecule has 1 aliphatic carbocycles. The molecule has 0 radical (unpaired) electrons. The van der Waals surface area contributed by atoms with Crippen molar-refractivity contribution >= 4 is 5.91 Å². The minimum Gasteiger partial charge on any atom is -0.338 e. The highest BCUT2D eigenvalue weighted by atomic mass is 16.2. The summed E-state index contributed by atoms with van der Waals surface area (Å²) in [5.41, 5.74) is -0.295. The molecule has 1 heterocycles. The number of rotatable bonds is 3. The van der Waals surface area contributed by atoms with Crippen LogP contribution >= 0.6 is 0 Å². The van der Waals surface area contributed by atoms with E-state index in [1.165, 1.54) is 38.5 Å². The molecule has 0 bridgehead atoms. The summed E-state index contributed by atoms with van der Waals surface area (Å²) in [5.74, 6) is 0.339. The summed E-state index contributed by atoms with van der Waals surface area (Å²) in [5, 5.41) is 3.44. The highest BCUT2D eigenvalue weighted by molar-refractivity contribution is 5.86. The number of likely N-dealkylation sites (N-methyl/N-ethyl adjacent to an activating group) is 1. The van der Waals surface area contributed by atoms with Crippen LogP contribution in [0.25, 0.3) is 0 Å². The summed E-state index contributed by atoms with van der Waals surface area (Å²) in [6.45, 7) is 6.06. The average Bonchev–Trinajstić information content (AvgIpc) is 2.84. The quantitative estimate of drug-likeness (QED) is 0.818. The molecule has 0 spiro atoms. The second kappa shape index (κ2) is 5.38. The van der Waals surface area contributed by atoms with Crippen molar-refractivity contribution in [2.45, 2.75) is 70.4 Å². The molecule has 0 aromatic heterocycles. The van der Waals surface area contributed by atoms with Crippen LogP contribution in [0.4, 0.5) is 0 Å². The molecular weight excluding hydrogens is 212 g/mol. The predicted molar refractivity (Wildman–Crippen MR) is 69.9 cm³/mol. The smallest absolute Gasteiger partial charge is 0.242 e. The SMILES string of the molecule is CCN(C(=O)C1(C)CCCCN1)C1CCCC1. The highest BCUT2D eigenvalue weighted by Gasteiger charge is 2.39. The van der Waals surface area contributed by atoms with Crippen molar-refractivity contribution in [2.75, 3.05) is 13.1 Å². The zero-order chi connectivity index (χ0) is 12.3. The van der Waals surface area contributed by atoms with E-state index in [1.807, 2.05) is 0 Å². The van der Waals surface area contributed by atoms with E-state index in [2.05, 4.69) is 24.1 Å². The molecule has 1 saturated carbocycles. The van der Waals surface area contributed by atoms with Gasteiger partial charge < -0.3 is 10.2 Å². The molecule has 0 aromatic rings. The number of hydrogen-bond donors (Lipinski definition) is 1. The highest BCUT2D eigenvalue weighted by Crippen LogP contribution is 2.28. The van der Waals surface area contributed by atoms with E-state index in [0.717, 1.165) is 19.5 Å². The largest absolute Gasteiger partial charge is 0.338 e. The van der Waals surface area contributed by atoms with E-state index in [0.29, 0.717) is 11.9 Å². The molecule has 17 heavy (non-hydrogen) atoms. The van der Waals surface area contributed by atoms with E-state index < -0.39 is 0 Å². The molecule has 1 aliphatic heterocycles. The molecule has 2 fully saturated rings. The minimum atomic E-state index is -0.295. The molecule has 3 heteroatoms. The van der Waals surface area contributed by atoms with Crippen molar-refractivity contribution in [3.05, 3.63) is 0 Å². The molecule has 1 atom stereocenters. The normalized spacial score (nSPS) is 30.5. The van der Waals surface area contributed by atoms with Crippen LogP contribution in [0.5, 0.6) is 0 Å². The van der Waals surface area contributed by atoms with Gasteiger partial charge >= 0.3 is 0 Å². The first-order chi connectivity index (χ1) is 8.17. The summed E-state index contributed by atoms with van der Waals surface area (Å²) < 4.78 is 0. The summed E-state index contributed by atoms with van der Waals surface area (Å²) in [7, 11) is 0. The number of amides is 1. The fourth-order valence-electron chi connectivity index (χ4n) is 3.34. The van der Waals surface area contributed by atoms with Crippen molar-refractivity contribution in [1.82, 2.24) is 10.2 Å². The second-order valence-electron chi connectivity index (χ2n) is 5.75. The van der Waals surface area contributed by atoms with Gasteiger partial charge in [-0.05, 0) is 52.5 Å². The summed E-state index contributed by atoms with van der Waals surface area (Å²) in [6.07, 6.45) is 8.37.